The highest BCUT2D eigenvalue weighted by Gasteiger charge is 2.05. The summed E-state index contributed by atoms with van der Waals surface area (Å²) in [5.74, 6) is -0.412. The van der Waals surface area contributed by atoms with E-state index in [1.54, 1.807) is 12.1 Å². The van der Waals surface area contributed by atoms with E-state index in [4.69, 9.17) is 11.6 Å². The van der Waals surface area contributed by atoms with E-state index in [-0.39, 0.29) is 12.1 Å². The summed E-state index contributed by atoms with van der Waals surface area (Å²) in [4.78, 5) is 27.7. The number of amides is 1. The van der Waals surface area contributed by atoms with Gasteiger partial charge in [-0.05, 0) is 30.7 Å². The van der Waals surface area contributed by atoms with Crippen LogP contribution in [0.5, 0.6) is 0 Å². The van der Waals surface area contributed by atoms with E-state index in [9.17, 15) is 9.59 Å². The lowest BCUT2D eigenvalue weighted by molar-refractivity contribution is -0.121. The van der Waals surface area contributed by atoms with Gasteiger partial charge in [-0.2, -0.15) is 5.10 Å². The van der Waals surface area contributed by atoms with Gasteiger partial charge in [-0.15, -0.1) is 0 Å². The molecule has 0 fully saturated rings. The smallest absolute Gasteiger partial charge is 0.260 e. The minimum absolute atomic E-state index is 0.111. The highest BCUT2D eigenvalue weighted by Crippen LogP contribution is 2.20. The van der Waals surface area contributed by atoms with E-state index in [1.165, 1.54) is 23.0 Å². The highest BCUT2D eigenvalue weighted by atomic mass is 35.5. The number of fused-ring (bicyclic) bond motifs is 1. The van der Waals surface area contributed by atoms with Crippen molar-refractivity contribution >= 4 is 34.6 Å². The Bertz CT molecular complexity index is 1030. The van der Waals surface area contributed by atoms with Crippen LogP contribution in [0.1, 0.15) is 11.1 Å². The molecular weight excluding hydrogens is 340 g/mol. The number of benzene rings is 1. The van der Waals surface area contributed by atoms with Gasteiger partial charge < -0.3 is 4.57 Å². The van der Waals surface area contributed by atoms with Crippen molar-refractivity contribution < 1.29 is 4.79 Å². The fourth-order valence-electron chi connectivity index (χ4n) is 2.32. The third-order valence-electron chi connectivity index (χ3n) is 3.56. The maximum absolute atomic E-state index is 11.9. The van der Waals surface area contributed by atoms with Crippen molar-refractivity contribution in [2.75, 3.05) is 0 Å². The molecule has 1 amide bonds. The molecule has 3 rings (SSSR count). The third kappa shape index (κ3) is 4.10. The highest BCUT2D eigenvalue weighted by molar-refractivity contribution is 6.32. The maximum Gasteiger partial charge on any atom is 0.260 e. The number of aryl methyl sites for hydroxylation is 1. The molecule has 3 aromatic rings. The van der Waals surface area contributed by atoms with Gasteiger partial charge in [0.05, 0.1) is 11.7 Å². The van der Waals surface area contributed by atoms with Gasteiger partial charge in [-0.1, -0.05) is 29.8 Å². The average Bonchev–Trinajstić information content (AvgIpc) is 2.57. The minimum Gasteiger partial charge on any atom is -0.306 e. The number of carbonyl (C=O) groups excluding carboxylic acids is 1. The van der Waals surface area contributed by atoms with E-state index in [1.807, 2.05) is 31.2 Å². The summed E-state index contributed by atoms with van der Waals surface area (Å²) < 4.78 is 1.29. The summed E-state index contributed by atoms with van der Waals surface area (Å²) in [7, 11) is 0. The molecule has 0 atom stereocenters. The van der Waals surface area contributed by atoms with Crippen molar-refractivity contribution in [2.45, 2.75) is 13.5 Å². The Balaban J connectivity index is 1.71. The van der Waals surface area contributed by atoms with Crippen molar-refractivity contribution in [1.29, 1.82) is 0 Å². The van der Waals surface area contributed by atoms with E-state index < -0.39 is 5.91 Å². The number of aromatic nitrogens is 2. The number of nitrogens with zero attached hydrogens (tertiary/aromatic N) is 3. The van der Waals surface area contributed by atoms with Crippen molar-refractivity contribution in [3.05, 3.63) is 75.3 Å². The zero-order valence-corrected chi connectivity index (χ0v) is 14.2. The molecule has 6 nitrogen and oxygen atoms in total. The lowest BCUT2D eigenvalue weighted by Gasteiger charge is -2.04. The molecule has 0 unspecified atom stereocenters. The first-order valence-electron chi connectivity index (χ1n) is 7.57. The van der Waals surface area contributed by atoms with Gasteiger partial charge in [0.2, 0.25) is 0 Å². The lowest BCUT2D eigenvalue weighted by atomic mass is 10.1. The monoisotopic (exact) mass is 354 g/mol. The van der Waals surface area contributed by atoms with Crippen LogP contribution in [-0.2, 0) is 11.3 Å². The number of hydrogen-bond acceptors (Lipinski definition) is 4. The number of rotatable bonds is 4. The van der Waals surface area contributed by atoms with Crippen LogP contribution >= 0.6 is 11.6 Å². The molecule has 0 saturated heterocycles. The van der Waals surface area contributed by atoms with Crippen LogP contribution in [0.3, 0.4) is 0 Å². The molecule has 126 valence electrons. The van der Waals surface area contributed by atoms with Crippen molar-refractivity contribution in [3.8, 4) is 0 Å². The quantitative estimate of drug-likeness (QED) is 0.444. The van der Waals surface area contributed by atoms with E-state index in [2.05, 4.69) is 15.5 Å². The first kappa shape index (κ1) is 16.9. The first-order chi connectivity index (χ1) is 12.0. The van der Waals surface area contributed by atoms with Gasteiger partial charge in [0.1, 0.15) is 11.7 Å². The second kappa shape index (κ2) is 7.27. The molecule has 0 aliphatic carbocycles. The Hall–Kier alpha value is -2.99. The zero-order chi connectivity index (χ0) is 17.8. The molecule has 1 N–H and O–H groups in total. The molecule has 2 aromatic heterocycles. The Kier molecular flexibility index (Phi) is 4.90. The summed E-state index contributed by atoms with van der Waals surface area (Å²) in [6.07, 6.45) is 2.97. The van der Waals surface area contributed by atoms with Crippen LogP contribution in [0.2, 0.25) is 5.15 Å². The van der Waals surface area contributed by atoms with Crippen LogP contribution in [0, 0.1) is 6.92 Å². The summed E-state index contributed by atoms with van der Waals surface area (Å²) in [6.45, 7) is 1.87. The number of pyridine rings is 2. The van der Waals surface area contributed by atoms with Crippen molar-refractivity contribution in [2.24, 2.45) is 5.10 Å². The zero-order valence-electron chi connectivity index (χ0n) is 13.4. The van der Waals surface area contributed by atoms with Crippen molar-refractivity contribution in [3.63, 3.8) is 0 Å². The van der Waals surface area contributed by atoms with Gasteiger partial charge in [-0.3, -0.25) is 9.59 Å². The summed E-state index contributed by atoms with van der Waals surface area (Å²) in [6, 6.07) is 12.4. The van der Waals surface area contributed by atoms with Crippen molar-refractivity contribution in [1.82, 2.24) is 15.0 Å². The van der Waals surface area contributed by atoms with E-state index in [0.717, 1.165) is 16.5 Å². The van der Waals surface area contributed by atoms with Gasteiger partial charge in [0.25, 0.3) is 11.5 Å². The minimum atomic E-state index is -0.412. The van der Waals surface area contributed by atoms with Crippen LogP contribution in [0.25, 0.3) is 10.9 Å². The molecule has 0 bridgehead atoms. The Labute approximate surface area is 148 Å². The van der Waals surface area contributed by atoms with Gasteiger partial charge in [-0.25, -0.2) is 10.4 Å². The Morgan fingerprint density at radius 1 is 1.32 bits per heavy atom. The first-order valence-corrected chi connectivity index (χ1v) is 7.95. The standard InChI is InChI=1S/C18H15ClN4O2/c1-12-5-6-13-9-14(18(19)21-15(13)8-12)10-20-22-16(24)11-23-7-3-2-4-17(23)25/h2-10H,11H2,1H3,(H,22,24)/b20-10-. The third-order valence-corrected chi connectivity index (χ3v) is 3.86. The maximum atomic E-state index is 11.9. The second-order valence-electron chi connectivity index (χ2n) is 5.52. The second-order valence-corrected chi connectivity index (χ2v) is 5.88. The molecule has 1 aromatic carbocycles. The van der Waals surface area contributed by atoms with Crippen LogP contribution in [-0.4, -0.2) is 21.7 Å². The number of hydrazone groups is 1. The largest absolute Gasteiger partial charge is 0.306 e. The molecule has 7 heteroatoms. The Morgan fingerprint density at radius 3 is 2.96 bits per heavy atom. The predicted molar refractivity (Wildman–Crippen MR) is 97.9 cm³/mol. The summed E-state index contributed by atoms with van der Waals surface area (Å²) in [5, 5.41) is 5.12. The topological polar surface area (TPSA) is 76.3 Å². The molecule has 2 heterocycles. The predicted octanol–water partition coefficient (Wildman–Crippen LogP) is 2.51. The van der Waals surface area contributed by atoms with Gasteiger partial charge in [0.15, 0.2) is 0 Å². The molecule has 0 radical (unpaired) electrons. The normalized spacial score (nSPS) is 11.1. The van der Waals surface area contributed by atoms with E-state index >= 15 is 0 Å². The van der Waals surface area contributed by atoms with Crippen LogP contribution < -0.4 is 11.0 Å². The average molecular weight is 355 g/mol. The fourth-order valence-corrected chi connectivity index (χ4v) is 2.51. The SMILES string of the molecule is Cc1ccc2cc(/C=N\NC(=O)Cn3ccccc3=O)c(Cl)nc2c1. The van der Waals surface area contributed by atoms with Crippen LogP contribution in [0.4, 0.5) is 0 Å². The van der Waals surface area contributed by atoms with Crippen LogP contribution in [0.15, 0.2) is 58.6 Å². The van der Waals surface area contributed by atoms with E-state index in [0.29, 0.717) is 10.7 Å². The summed E-state index contributed by atoms with van der Waals surface area (Å²) in [5.41, 5.74) is 4.62. The number of nitrogens with one attached hydrogen (secondary N) is 1. The molecular formula is C18H15ClN4O2. The number of carbonyl (C=O) groups is 1. The Morgan fingerprint density at radius 2 is 2.16 bits per heavy atom. The number of hydrogen-bond donors (Lipinski definition) is 1. The summed E-state index contributed by atoms with van der Waals surface area (Å²) >= 11 is 6.16. The molecule has 0 aliphatic rings. The fraction of sp³-hybridized carbons (Fsp3) is 0.111. The molecule has 0 aliphatic heterocycles. The van der Waals surface area contributed by atoms with Gasteiger partial charge >= 0.3 is 0 Å². The van der Waals surface area contributed by atoms with Gasteiger partial charge in [0, 0.05) is 23.2 Å². The molecule has 0 spiro atoms. The number of halogens is 1. The lowest BCUT2D eigenvalue weighted by Crippen LogP contribution is -2.29. The molecule has 25 heavy (non-hydrogen) atoms. The molecule has 0 saturated carbocycles.